The van der Waals surface area contributed by atoms with E-state index in [0.29, 0.717) is 6.42 Å². The zero-order chi connectivity index (χ0) is 13.7. The predicted molar refractivity (Wildman–Crippen MR) is 63.5 cm³/mol. The number of carbonyl (C=O) groups is 2. The summed E-state index contributed by atoms with van der Waals surface area (Å²) in [7, 11) is 0. The van der Waals surface area contributed by atoms with Crippen molar-refractivity contribution in [2.45, 2.75) is 13.3 Å². The van der Waals surface area contributed by atoms with Crippen LogP contribution < -0.4 is 5.32 Å². The van der Waals surface area contributed by atoms with Crippen LogP contribution in [0.2, 0.25) is 0 Å². The molecule has 0 aliphatic rings. The van der Waals surface area contributed by atoms with Crippen molar-refractivity contribution < 1.29 is 24.9 Å². The summed E-state index contributed by atoms with van der Waals surface area (Å²) >= 11 is 0. The van der Waals surface area contributed by atoms with E-state index in [-0.39, 0.29) is 23.6 Å². The van der Waals surface area contributed by atoms with Crippen molar-refractivity contribution in [1.82, 2.24) is 5.32 Å². The van der Waals surface area contributed by atoms with Crippen LogP contribution in [0.15, 0.2) is 18.2 Å². The van der Waals surface area contributed by atoms with Gasteiger partial charge in [-0.1, -0.05) is 13.0 Å². The third-order valence-electron chi connectivity index (χ3n) is 2.60. The normalized spacial score (nSPS) is 11.8. The van der Waals surface area contributed by atoms with E-state index in [2.05, 4.69) is 5.32 Å². The Hall–Kier alpha value is -2.24. The van der Waals surface area contributed by atoms with Crippen LogP contribution in [0.25, 0.3) is 0 Å². The monoisotopic (exact) mass is 253 g/mol. The second-order valence-electron chi connectivity index (χ2n) is 3.82. The van der Waals surface area contributed by atoms with Gasteiger partial charge in [0.1, 0.15) is 17.1 Å². The average Bonchev–Trinajstić information content (AvgIpc) is 2.29. The molecule has 98 valence electrons. The molecule has 0 saturated heterocycles. The molecule has 1 unspecified atom stereocenters. The molecule has 0 aromatic heterocycles. The second kappa shape index (κ2) is 5.90. The lowest BCUT2D eigenvalue weighted by Crippen LogP contribution is -2.32. The number of benzene rings is 1. The molecule has 1 atom stereocenters. The molecule has 6 heteroatoms. The first-order valence-electron chi connectivity index (χ1n) is 5.49. The Kier molecular flexibility index (Phi) is 4.53. The van der Waals surface area contributed by atoms with Crippen LogP contribution in [-0.4, -0.2) is 33.7 Å². The number of hydrogen-bond acceptors (Lipinski definition) is 4. The van der Waals surface area contributed by atoms with Gasteiger partial charge in [0.05, 0.1) is 5.92 Å². The smallest absolute Gasteiger partial charge is 0.308 e. The Morgan fingerprint density at radius 3 is 2.28 bits per heavy atom. The van der Waals surface area contributed by atoms with Gasteiger partial charge >= 0.3 is 5.97 Å². The van der Waals surface area contributed by atoms with Gasteiger partial charge in [0.2, 0.25) is 0 Å². The minimum Gasteiger partial charge on any atom is -0.507 e. The Morgan fingerprint density at radius 1 is 1.28 bits per heavy atom. The van der Waals surface area contributed by atoms with E-state index < -0.39 is 17.8 Å². The van der Waals surface area contributed by atoms with Crippen molar-refractivity contribution in [3.8, 4) is 11.5 Å². The first-order chi connectivity index (χ1) is 8.47. The fourth-order valence-corrected chi connectivity index (χ4v) is 1.47. The summed E-state index contributed by atoms with van der Waals surface area (Å²) in [6.45, 7) is 1.64. The van der Waals surface area contributed by atoms with Gasteiger partial charge in [-0.2, -0.15) is 0 Å². The molecule has 0 aliphatic carbocycles. The molecule has 0 heterocycles. The lowest BCUT2D eigenvalue weighted by molar-refractivity contribution is -0.141. The Balaban J connectivity index is 2.74. The molecule has 0 bridgehead atoms. The second-order valence-corrected chi connectivity index (χ2v) is 3.82. The van der Waals surface area contributed by atoms with Gasteiger partial charge in [-0.25, -0.2) is 0 Å². The zero-order valence-corrected chi connectivity index (χ0v) is 9.88. The molecule has 0 aliphatic heterocycles. The van der Waals surface area contributed by atoms with E-state index in [4.69, 9.17) is 5.11 Å². The van der Waals surface area contributed by atoms with Crippen LogP contribution in [-0.2, 0) is 4.79 Å². The topological polar surface area (TPSA) is 107 Å². The van der Waals surface area contributed by atoms with Crippen molar-refractivity contribution in [1.29, 1.82) is 0 Å². The van der Waals surface area contributed by atoms with Gasteiger partial charge in [-0.3, -0.25) is 9.59 Å². The highest BCUT2D eigenvalue weighted by Gasteiger charge is 2.19. The molecule has 1 aromatic carbocycles. The molecule has 0 saturated carbocycles. The fourth-order valence-electron chi connectivity index (χ4n) is 1.47. The number of amides is 1. The van der Waals surface area contributed by atoms with E-state index in [1.807, 2.05) is 0 Å². The van der Waals surface area contributed by atoms with Crippen molar-refractivity contribution >= 4 is 11.9 Å². The van der Waals surface area contributed by atoms with E-state index in [1.165, 1.54) is 18.2 Å². The minimum atomic E-state index is -1.00. The summed E-state index contributed by atoms with van der Waals surface area (Å²) in [5.41, 5.74) is -0.252. The number of nitrogens with one attached hydrogen (secondary N) is 1. The highest BCUT2D eigenvalue weighted by molar-refractivity contribution is 5.99. The summed E-state index contributed by atoms with van der Waals surface area (Å²) in [6.07, 6.45) is 0.377. The van der Waals surface area contributed by atoms with Crippen LogP contribution >= 0.6 is 0 Å². The van der Waals surface area contributed by atoms with E-state index in [0.717, 1.165) is 0 Å². The average molecular weight is 253 g/mol. The summed E-state index contributed by atoms with van der Waals surface area (Å²) in [5.74, 6) is -3.10. The van der Waals surface area contributed by atoms with Crippen LogP contribution in [0.3, 0.4) is 0 Å². The lowest BCUT2D eigenvalue weighted by Gasteiger charge is -2.12. The van der Waals surface area contributed by atoms with E-state index >= 15 is 0 Å². The summed E-state index contributed by atoms with van der Waals surface area (Å²) in [5, 5.41) is 30.1. The van der Waals surface area contributed by atoms with Crippen molar-refractivity contribution in [3.63, 3.8) is 0 Å². The first-order valence-corrected chi connectivity index (χ1v) is 5.49. The Morgan fingerprint density at radius 2 is 1.83 bits per heavy atom. The number of hydrogen-bond donors (Lipinski definition) is 4. The predicted octanol–water partition coefficient (Wildman–Crippen LogP) is 0.938. The number of carboxylic acids is 1. The van der Waals surface area contributed by atoms with E-state index in [1.54, 1.807) is 6.92 Å². The number of phenols is 2. The molecule has 4 N–H and O–H groups in total. The van der Waals surface area contributed by atoms with E-state index in [9.17, 15) is 19.8 Å². The number of aliphatic carboxylic acids is 1. The van der Waals surface area contributed by atoms with Gasteiger partial charge in [0, 0.05) is 6.54 Å². The van der Waals surface area contributed by atoms with Crippen molar-refractivity contribution in [2.24, 2.45) is 5.92 Å². The number of rotatable bonds is 5. The van der Waals surface area contributed by atoms with Crippen LogP contribution in [0.4, 0.5) is 0 Å². The molecule has 1 aromatic rings. The standard InChI is InChI=1S/C12H15NO5/c1-2-7(12(17)18)6-13-11(16)10-8(14)4-3-5-9(10)15/h3-5,7,14-15H,2,6H2,1H3,(H,13,16)(H,17,18). The molecular formula is C12H15NO5. The maximum Gasteiger partial charge on any atom is 0.308 e. The maximum atomic E-state index is 11.7. The molecule has 6 nitrogen and oxygen atoms in total. The molecule has 18 heavy (non-hydrogen) atoms. The number of phenolic OH excluding ortho intramolecular Hbond substituents is 2. The number of carboxylic acid groups (broad SMARTS) is 1. The van der Waals surface area contributed by atoms with Gasteiger partial charge in [-0.05, 0) is 18.6 Å². The maximum absolute atomic E-state index is 11.7. The number of aromatic hydroxyl groups is 2. The van der Waals surface area contributed by atoms with Gasteiger partial charge in [-0.15, -0.1) is 0 Å². The summed E-state index contributed by atoms with van der Waals surface area (Å²) in [6, 6.07) is 3.93. The van der Waals surface area contributed by atoms with Gasteiger partial charge in [0.25, 0.3) is 5.91 Å². The van der Waals surface area contributed by atoms with Crippen LogP contribution in [0, 0.1) is 5.92 Å². The van der Waals surface area contributed by atoms with Crippen molar-refractivity contribution in [2.75, 3.05) is 6.54 Å². The van der Waals surface area contributed by atoms with Crippen molar-refractivity contribution in [3.05, 3.63) is 23.8 Å². The third kappa shape index (κ3) is 3.13. The summed E-state index contributed by atoms with van der Waals surface area (Å²) < 4.78 is 0. The molecule has 0 radical (unpaired) electrons. The highest BCUT2D eigenvalue weighted by atomic mass is 16.4. The quantitative estimate of drug-likeness (QED) is 0.624. The number of carbonyl (C=O) groups excluding carboxylic acids is 1. The van der Waals surface area contributed by atoms with Crippen LogP contribution in [0.1, 0.15) is 23.7 Å². The SMILES string of the molecule is CCC(CNC(=O)c1c(O)cccc1O)C(=O)O. The molecule has 0 spiro atoms. The Bertz CT molecular complexity index is 438. The molecular weight excluding hydrogens is 238 g/mol. The fraction of sp³-hybridized carbons (Fsp3) is 0.333. The lowest BCUT2D eigenvalue weighted by atomic mass is 10.1. The first kappa shape index (κ1) is 13.8. The molecule has 1 rings (SSSR count). The van der Waals surface area contributed by atoms with Gasteiger partial charge in [0.15, 0.2) is 0 Å². The largest absolute Gasteiger partial charge is 0.507 e. The molecule has 1 amide bonds. The minimum absolute atomic E-state index is 0.0571. The molecule has 0 fully saturated rings. The summed E-state index contributed by atoms with van der Waals surface area (Å²) in [4.78, 5) is 22.5. The zero-order valence-electron chi connectivity index (χ0n) is 9.88. The highest BCUT2D eigenvalue weighted by Crippen LogP contribution is 2.25. The Labute approximate surface area is 104 Å². The van der Waals surface area contributed by atoms with Gasteiger partial charge < -0.3 is 20.6 Å². The van der Waals surface area contributed by atoms with Crippen LogP contribution in [0.5, 0.6) is 11.5 Å². The third-order valence-corrected chi connectivity index (χ3v) is 2.60.